The van der Waals surface area contributed by atoms with E-state index >= 15 is 0 Å². The lowest BCUT2D eigenvalue weighted by Gasteiger charge is -2.06. The highest BCUT2D eigenvalue weighted by atomic mass is 35.5. The molecule has 0 fully saturated rings. The van der Waals surface area contributed by atoms with Crippen molar-refractivity contribution in [3.63, 3.8) is 0 Å². The highest BCUT2D eigenvalue weighted by molar-refractivity contribution is 6.42. The van der Waals surface area contributed by atoms with Gasteiger partial charge in [-0.25, -0.2) is 0 Å². The second-order valence-electron chi connectivity index (χ2n) is 4.19. The summed E-state index contributed by atoms with van der Waals surface area (Å²) in [6, 6.07) is 5.61. The van der Waals surface area contributed by atoms with E-state index in [9.17, 15) is 0 Å². The van der Waals surface area contributed by atoms with Gasteiger partial charge in [0.25, 0.3) is 0 Å². The molecule has 18 heavy (non-hydrogen) atoms. The molecule has 5 heteroatoms. The Labute approximate surface area is 121 Å². The van der Waals surface area contributed by atoms with E-state index in [2.05, 4.69) is 5.10 Å². The molecule has 1 aromatic heterocycles. The van der Waals surface area contributed by atoms with Crippen LogP contribution in [0.4, 0.5) is 0 Å². The molecule has 2 rings (SSSR count). The molecule has 0 N–H and O–H groups in total. The molecule has 0 radical (unpaired) electrons. The summed E-state index contributed by atoms with van der Waals surface area (Å²) >= 11 is 17.8. The summed E-state index contributed by atoms with van der Waals surface area (Å²) in [5, 5.41) is 5.61. The van der Waals surface area contributed by atoms with E-state index in [0.29, 0.717) is 22.5 Å². The fourth-order valence-electron chi connectivity index (χ4n) is 1.89. The zero-order valence-corrected chi connectivity index (χ0v) is 12.4. The van der Waals surface area contributed by atoms with Crippen molar-refractivity contribution in [2.75, 3.05) is 0 Å². The third-order valence-corrected chi connectivity index (χ3v) is 3.99. The summed E-state index contributed by atoms with van der Waals surface area (Å²) in [6.45, 7) is 4.66. The summed E-state index contributed by atoms with van der Waals surface area (Å²) in [4.78, 5) is 0. The van der Waals surface area contributed by atoms with Crippen LogP contribution in [0, 0.1) is 13.8 Å². The van der Waals surface area contributed by atoms with Gasteiger partial charge in [-0.1, -0.05) is 29.3 Å². The van der Waals surface area contributed by atoms with Gasteiger partial charge in [-0.15, -0.1) is 11.6 Å². The molecule has 0 bridgehead atoms. The number of alkyl halides is 1. The molecular weight excluding hydrogens is 291 g/mol. The van der Waals surface area contributed by atoms with Crippen LogP contribution in [-0.4, -0.2) is 9.78 Å². The number of aromatic nitrogens is 2. The molecule has 0 saturated carbocycles. The van der Waals surface area contributed by atoms with E-state index in [0.717, 1.165) is 22.5 Å². The van der Waals surface area contributed by atoms with Crippen LogP contribution in [0.15, 0.2) is 18.2 Å². The number of aryl methyl sites for hydroxylation is 1. The first-order valence-corrected chi connectivity index (χ1v) is 6.84. The summed E-state index contributed by atoms with van der Waals surface area (Å²) < 4.78 is 1.94. The molecule has 0 unspecified atom stereocenters. The largest absolute Gasteiger partial charge is 0.265 e. The molecule has 1 heterocycles. The Bertz CT molecular complexity index is 576. The molecule has 0 amide bonds. The van der Waals surface area contributed by atoms with E-state index in [1.165, 1.54) is 0 Å². The third-order valence-electron chi connectivity index (χ3n) is 2.98. The number of nitrogens with zero attached hydrogens (tertiary/aromatic N) is 2. The fourth-order valence-corrected chi connectivity index (χ4v) is 2.60. The van der Waals surface area contributed by atoms with E-state index < -0.39 is 0 Å². The van der Waals surface area contributed by atoms with Crippen molar-refractivity contribution < 1.29 is 0 Å². The Hall–Kier alpha value is -0.700. The molecule has 0 aliphatic heterocycles. The molecule has 1 aromatic carbocycles. The Morgan fingerprint density at radius 1 is 1.17 bits per heavy atom. The maximum Gasteiger partial charge on any atom is 0.0663 e. The van der Waals surface area contributed by atoms with Gasteiger partial charge in [0.15, 0.2) is 0 Å². The molecule has 0 atom stereocenters. The van der Waals surface area contributed by atoms with Crippen molar-refractivity contribution >= 4 is 34.8 Å². The minimum absolute atomic E-state index is 0.485. The number of benzene rings is 1. The summed E-state index contributed by atoms with van der Waals surface area (Å²) in [5.74, 6) is 0.485. The smallest absolute Gasteiger partial charge is 0.0663 e. The maximum absolute atomic E-state index is 6.00. The van der Waals surface area contributed by atoms with Crippen molar-refractivity contribution in [2.45, 2.75) is 26.3 Å². The zero-order chi connectivity index (χ0) is 13.3. The first-order valence-electron chi connectivity index (χ1n) is 5.55. The van der Waals surface area contributed by atoms with Gasteiger partial charge in [-0.2, -0.15) is 5.10 Å². The third kappa shape index (κ3) is 2.66. The zero-order valence-electron chi connectivity index (χ0n) is 10.2. The Morgan fingerprint density at radius 3 is 2.44 bits per heavy atom. The quantitative estimate of drug-likeness (QED) is 0.758. The van der Waals surface area contributed by atoms with Crippen LogP contribution in [0.1, 0.15) is 22.5 Å². The summed E-state index contributed by atoms with van der Waals surface area (Å²) in [5.41, 5.74) is 4.23. The predicted octanol–water partition coefficient (Wildman–Crippen LogP) is 4.59. The lowest BCUT2D eigenvalue weighted by Crippen LogP contribution is -2.04. The number of hydrogen-bond donors (Lipinski definition) is 0. The minimum Gasteiger partial charge on any atom is -0.265 e. The molecule has 0 saturated heterocycles. The minimum atomic E-state index is 0.485. The Balaban J connectivity index is 2.31. The van der Waals surface area contributed by atoms with Gasteiger partial charge in [0.1, 0.15) is 0 Å². The van der Waals surface area contributed by atoms with Crippen molar-refractivity contribution in [3.8, 4) is 0 Å². The van der Waals surface area contributed by atoms with Crippen LogP contribution in [0.2, 0.25) is 10.0 Å². The summed E-state index contributed by atoms with van der Waals surface area (Å²) in [6.07, 6.45) is 0. The number of hydrogen-bond acceptors (Lipinski definition) is 1. The maximum atomic E-state index is 6.00. The number of rotatable bonds is 3. The molecule has 0 spiro atoms. The van der Waals surface area contributed by atoms with Crippen LogP contribution < -0.4 is 0 Å². The fraction of sp³-hybridized carbons (Fsp3) is 0.308. The van der Waals surface area contributed by atoms with Crippen molar-refractivity contribution in [1.29, 1.82) is 0 Å². The lowest BCUT2D eigenvalue weighted by molar-refractivity contribution is 0.658. The van der Waals surface area contributed by atoms with Crippen LogP contribution in [0.5, 0.6) is 0 Å². The Morgan fingerprint density at radius 2 is 1.89 bits per heavy atom. The monoisotopic (exact) mass is 302 g/mol. The topological polar surface area (TPSA) is 17.8 Å². The average Bonchev–Trinajstić information content (AvgIpc) is 2.59. The van der Waals surface area contributed by atoms with Crippen molar-refractivity contribution in [1.82, 2.24) is 9.78 Å². The first kappa shape index (κ1) is 13.7. The molecule has 0 aliphatic carbocycles. The van der Waals surface area contributed by atoms with Crippen molar-refractivity contribution in [3.05, 3.63) is 50.8 Å². The normalized spacial score (nSPS) is 10.9. The van der Waals surface area contributed by atoms with E-state index in [1.807, 2.05) is 30.7 Å². The second kappa shape index (κ2) is 5.52. The number of halogens is 3. The Kier molecular flexibility index (Phi) is 4.21. The van der Waals surface area contributed by atoms with Crippen LogP contribution in [0.25, 0.3) is 0 Å². The van der Waals surface area contributed by atoms with Crippen LogP contribution >= 0.6 is 34.8 Å². The average molecular weight is 304 g/mol. The van der Waals surface area contributed by atoms with Crippen LogP contribution in [0.3, 0.4) is 0 Å². The van der Waals surface area contributed by atoms with Crippen molar-refractivity contribution in [2.24, 2.45) is 0 Å². The van der Waals surface area contributed by atoms with Gasteiger partial charge in [-0.05, 0) is 31.5 Å². The van der Waals surface area contributed by atoms with Gasteiger partial charge in [0.2, 0.25) is 0 Å². The van der Waals surface area contributed by atoms with Gasteiger partial charge in [0, 0.05) is 11.3 Å². The predicted molar refractivity (Wildman–Crippen MR) is 76.8 cm³/mol. The molecule has 96 valence electrons. The highest BCUT2D eigenvalue weighted by Crippen LogP contribution is 2.24. The van der Waals surface area contributed by atoms with E-state index in [1.54, 1.807) is 6.07 Å². The molecular formula is C13H13Cl3N2. The first-order chi connectivity index (χ1) is 8.52. The summed E-state index contributed by atoms with van der Waals surface area (Å²) in [7, 11) is 0. The SMILES string of the molecule is Cc1nn(Cc2ccc(Cl)c(Cl)c2)c(C)c1CCl. The standard InChI is InChI=1S/C13H13Cl3N2/c1-8-11(6-14)9(2)18(17-8)7-10-3-4-12(15)13(16)5-10/h3-5H,6-7H2,1-2H3. The lowest BCUT2D eigenvalue weighted by atomic mass is 10.2. The van der Waals surface area contributed by atoms with Gasteiger partial charge in [0.05, 0.1) is 28.2 Å². The molecule has 2 aromatic rings. The van der Waals surface area contributed by atoms with Gasteiger partial charge in [-0.3, -0.25) is 4.68 Å². The molecule has 2 nitrogen and oxygen atoms in total. The molecule has 0 aliphatic rings. The van der Waals surface area contributed by atoms with Gasteiger partial charge >= 0.3 is 0 Å². The van der Waals surface area contributed by atoms with Gasteiger partial charge < -0.3 is 0 Å². The highest BCUT2D eigenvalue weighted by Gasteiger charge is 2.11. The van der Waals surface area contributed by atoms with E-state index in [-0.39, 0.29) is 0 Å². The second-order valence-corrected chi connectivity index (χ2v) is 5.27. The van der Waals surface area contributed by atoms with Crippen LogP contribution in [-0.2, 0) is 12.4 Å². The van der Waals surface area contributed by atoms with E-state index in [4.69, 9.17) is 34.8 Å².